The van der Waals surface area contributed by atoms with Crippen LogP contribution in [0.3, 0.4) is 0 Å². The van der Waals surface area contributed by atoms with E-state index < -0.39 is 0 Å². The molecule has 172 valence electrons. The maximum absolute atomic E-state index is 13.1. The maximum atomic E-state index is 13.1. The van der Waals surface area contributed by atoms with Crippen LogP contribution in [0.25, 0.3) is 0 Å². The first kappa shape index (κ1) is 22.3. The summed E-state index contributed by atoms with van der Waals surface area (Å²) in [6.07, 6.45) is 8.36. The van der Waals surface area contributed by atoms with E-state index in [-0.39, 0.29) is 23.6 Å². The van der Waals surface area contributed by atoms with E-state index in [9.17, 15) is 9.59 Å². The van der Waals surface area contributed by atoms with Crippen LogP contribution in [0.5, 0.6) is 5.75 Å². The summed E-state index contributed by atoms with van der Waals surface area (Å²) in [5.41, 5.74) is 0.739. The van der Waals surface area contributed by atoms with E-state index in [4.69, 9.17) is 4.74 Å². The van der Waals surface area contributed by atoms with Crippen molar-refractivity contribution in [3.63, 3.8) is 0 Å². The second-order valence-corrected chi connectivity index (χ2v) is 8.57. The van der Waals surface area contributed by atoms with Gasteiger partial charge in [0.2, 0.25) is 11.3 Å². The number of hydrogen-bond acceptors (Lipinski definition) is 6. The maximum Gasteiger partial charge on any atom is 0.242 e. The van der Waals surface area contributed by atoms with Gasteiger partial charge in [-0.05, 0) is 38.1 Å². The largest absolute Gasteiger partial charge is 0.491 e. The Morgan fingerprint density at radius 2 is 1.78 bits per heavy atom. The van der Waals surface area contributed by atoms with Gasteiger partial charge in [0.1, 0.15) is 12.4 Å². The van der Waals surface area contributed by atoms with Crippen LogP contribution in [0.1, 0.15) is 31.4 Å². The topological polar surface area (TPSA) is 70.9 Å². The van der Waals surface area contributed by atoms with Gasteiger partial charge in [-0.3, -0.25) is 14.5 Å². The van der Waals surface area contributed by atoms with Crippen molar-refractivity contribution in [2.24, 2.45) is 0 Å². The summed E-state index contributed by atoms with van der Waals surface area (Å²) in [5, 5.41) is 0. The molecule has 2 aromatic heterocycles. The van der Waals surface area contributed by atoms with Crippen molar-refractivity contribution in [2.75, 3.05) is 51.3 Å². The number of amides is 1. The fourth-order valence-corrected chi connectivity index (χ4v) is 4.53. The Kier molecular flexibility index (Phi) is 7.42. The van der Waals surface area contributed by atoms with Gasteiger partial charge >= 0.3 is 0 Å². The molecule has 1 amide bonds. The van der Waals surface area contributed by atoms with Gasteiger partial charge in [0.05, 0.1) is 13.3 Å². The van der Waals surface area contributed by atoms with Gasteiger partial charge in [-0.1, -0.05) is 18.9 Å². The summed E-state index contributed by atoms with van der Waals surface area (Å²) in [4.78, 5) is 36.5. The molecule has 0 aliphatic carbocycles. The second kappa shape index (κ2) is 10.6. The number of anilines is 1. The molecular weight excluding hydrogens is 406 g/mol. The summed E-state index contributed by atoms with van der Waals surface area (Å²) in [7, 11) is 1.49. The fraction of sp³-hybridized carbons (Fsp3) is 0.542. The quantitative estimate of drug-likeness (QED) is 0.686. The molecule has 4 rings (SSSR count). The summed E-state index contributed by atoms with van der Waals surface area (Å²) < 4.78 is 7.16. The minimum atomic E-state index is -0.134. The van der Waals surface area contributed by atoms with Crippen LogP contribution in [-0.4, -0.2) is 71.6 Å². The first-order valence-electron chi connectivity index (χ1n) is 11.6. The second-order valence-electron chi connectivity index (χ2n) is 8.57. The van der Waals surface area contributed by atoms with E-state index >= 15 is 0 Å². The number of hydrogen-bond donors (Lipinski definition) is 0. The molecule has 0 saturated carbocycles. The van der Waals surface area contributed by atoms with E-state index in [2.05, 4.69) is 14.8 Å². The van der Waals surface area contributed by atoms with Gasteiger partial charge in [0.25, 0.3) is 0 Å². The molecule has 2 aliphatic heterocycles. The molecule has 0 unspecified atom stereocenters. The van der Waals surface area contributed by atoms with Crippen molar-refractivity contribution in [3.8, 4) is 5.75 Å². The fourth-order valence-electron chi connectivity index (χ4n) is 4.53. The zero-order valence-corrected chi connectivity index (χ0v) is 18.9. The average Bonchev–Trinajstić information content (AvgIpc) is 3.10. The van der Waals surface area contributed by atoms with E-state index in [1.54, 1.807) is 18.5 Å². The summed E-state index contributed by atoms with van der Waals surface area (Å²) in [5.74, 6) is 1.29. The van der Waals surface area contributed by atoms with Crippen molar-refractivity contribution >= 4 is 11.7 Å². The van der Waals surface area contributed by atoms with Gasteiger partial charge in [-0.25, -0.2) is 4.98 Å². The van der Waals surface area contributed by atoms with Gasteiger partial charge in [-0.15, -0.1) is 0 Å². The van der Waals surface area contributed by atoms with Crippen molar-refractivity contribution in [2.45, 2.75) is 38.8 Å². The number of nitrogens with zero attached hydrogens (tertiary/aromatic N) is 5. The lowest BCUT2D eigenvalue weighted by Crippen LogP contribution is -2.50. The number of pyridine rings is 2. The molecule has 8 nitrogen and oxygen atoms in total. The Labute approximate surface area is 189 Å². The lowest BCUT2D eigenvalue weighted by atomic mass is 10.2. The Balaban J connectivity index is 1.44. The highest BCUT2D eigenvalue weighted by Crippen LogP contribution is 2.16. The van der Waals surface area contributed by atoms with Crippen LogP contribution in [0.4, 0.5) is 5.82 Å². The molecule has 8 heteroatoms. The SMILES string of the molecule is COc1cn(CC(=O)N2CCN(c3ccccn3)CC2)c(CN2CCCCCC2)cc1=O. The minimum absolute atomic E-state index is 0.0634. The van der Waals surface area contributed by atoms with Crippen LogP contribution < -0.4 is 15.1 Å². The predicted molar refractivity (Wildman–Crippen MR) is 124 cm³/mol. The predicted octanol–water partition coefficient (Wildman–Crippen LogP) is 1.98. The Hall–Kier alpha value is -2.87. The van der Waals surface area contributed by atoms with E-state index in [1.165, 1.54) is 32.8 Å². The number of carbonyl (C=O) groups is 1. The molecule has 2 aliphatic rings. The van der Waals surface area contributed by atoms with Gasteiger partial charge in [-0.2, -0.15) is 0 Å². The third-order valence-electron chi connectivity index (χ3n) is 6.40. The molecule has 2 saturated heterocycles. The summed E-state index contributed by atoms with van der Waals surface area (Å²) >= 11 is 0. The number of ether oxygens (including phenoxy) is 1. The van der Waals surface area contributed by atoms with Crippen molar-refractivity contribution in [1.82, 2.24) is 19.4 Å². The van der Waals surface area contributed by atoms with Crippen LogP contribution in [0, 0.1) is 0 Å². The van der Waals surface area contributed by atoms with Crippen molar-refractivity contribution in [3.05, 3.63) is 52.6 Å². The standard InChI is InChI=1S/C24H33N5O3/c1-32-22-18-29(20(16-21(22)30)17-26-10-6-2-3-7-11-26)19-24(31)28-14-12-27(13-15-28)23-8-4-5-9-25-23/h4-5,8-9,16,18H,2-3,6-7,10-15,17,19H2,1H3. The highest BCUT2D eigenvalue weighted by atomic mass is 16.5. The molecule has 0 spiro atoms. The minimum Gasteiger partial charge on any atom is -0.491 e. The number of aromatic nitrogens is 2. The number of likely N-dealkylation sites (tertiary alicyclic amines) is 1. The average molecular weight is 440 g/mol. The molecule has 4 heterocycles. The van der Waals surface area contributed by atoms with Crippen LogP contribution in [0.2, 0.25) is 0 Å². The summed E-state index contributed by atoms with van der Waals surface area (Å²) in [6, 6.07) is 7.52. The highest BCUT2D eigenvalue weighted by Gasteiger charge is 2.23. The lowest BCUT2D eigenvalue weighted by Gasteiger charge is -2.35. The van der Waals surface area contributed by atoms with Crippen LogP contribution in [0.15, 0.2) is 41.5 Å². The zero-order chi connectivity index (χ0) is 22.3. The monoisotopic (exact) mass is 439 g/mol. The first-order chi connectivity index (χ1) is 15.6. The van der Waals surface area contributed by atoms with Gasteiger partial charge in [0, 0.05) is 50.7 Å². The highest BCUT2D eigenvalue weighted by molar-refractivity contribution is 5.76. The lowest BCUT2D eigenvalue weighted by molar-refractivity contribution is -0.132. The number of rotatable bonds is 6. The molecule has 32 heavy (non-hydrogen) atoms. The van der Waals surface area contributed by atoms with Gasteiger partial charge in [0.15, 0.2) is 5.75 Å². The van der Waals surface area contributed by atoms with Crippen molar-refractivity contribution < 1.29 is 9.53 Å². The molecule has 0 radical (unpaired) electrons. The molecule has 0 N–H and O–H groups in total. The van der Waals surface area contributed by atoms with E-state index in [0.29, 0.717) is 19.6 Å². The molecule has 0 atom stereocenters. The molecule has 0 aromatic carbocycles. The molecule has 0 bridgehead atoms. The molecule has 2 fully saturated rings. The third-order valence-corrected chi connectivity index (χ3v) is 6.40. The van der Waals surface area contributed by atoms with E-state index in [1.807, 2.05) is 27.7 Å². The Bertz CT molecular complexity index is 946. The third kappa shape index (κ3) is 5.48. The Morgan fingerprint density at radius 3 is 2.44 bits per heavy atom. The van der Waals surface area contributed by atoms with E-state index in [0.717, 1.165) is 37.7 Å². The van der Waals surface area contributed by atoms with Gasteiger partial charge < -0.3 is 19.1 Å². The zero-order valence-electron chi connectivity index (χ0n) is 18.9. The summed E-state index contributed by atoms with van der Waals surface area (Å²) in [6.45, 7) is 5.80. The Morgan fingerprint density at radius 1 is 1.03 bits per heavy atom. The van der Waals surface area contributed by atoms with Crippen LogP contribution in [-0.2, 0) is 17.9 Å². The molecule has 2 aromatic rings. The number of piperazine rings is 1. The molecular formula is C24H33N5O3. The first-order valence-corrected chi connectivity index (χ1v) is 11.6. The number of carbonyl (C=O) groups excluding carboxylic acids is 1. The number of methoxy groups -OCH3 is 1. The smallest absolute Gasteiger partial charge is 0.242 e. The normalized spacial score (nSPS) is 17.8. The van der Waals surface area contributed by atoms with Crippen LogP contribution >= 0.6 is 0 Å². The van der Waals surface area contributed by atoms with Crippen molar-refractivity contribution in [1.29, 1.82) is 0 Å².